The Bertz CT molecular complexity index is 532. The third-order valence-corrected chi connectivity index (χ3v) is 2.38. The monoisotopic (exact) mass is 308 g/mol. The number of urea groups is 1. The van der Waals surface area contributed by atoms with Crippen LogP contribution < -0.4 is 10.6 Å². The van der Waals surface area contributed by atoms with Gasteiger partial charge in [-0.1, -0.05) is 0 Å². The number of carbonyl (C=O) groups is 2. The maximum Gasteiger partial charge on any atom is 0.389 e. The maximum atomic E-state index is 13.0. The molecule has 0 unspecified atom stereocenters. The first kappa shape index (κ1) is 16.7. The minimum atomic E-state index is -4.31. The number of benzene rings is 1. The van der Waals surface area contributed by atoms with Gasteiger partial charge in [0.1, 0.15) is 5.82 Å². The molecule has 0 fully saturated rings. The Balaban J connectivity index is 2.55. The van der Waals surface area contributed by atoms with Crippen molar-refractivity contribution in [3.63, 3.8) is 0 Å². The molecule has 116 valence electrons. The second kappa shape index (κ2) is 6.91. The van der Waals surface area contributed by atoms with Gasteiger partial charge in [-0.3, -0.25) is 0 Å². The molecular formula is C12H12F4N2O3. The molecular weight excluding hydrogens is 296 g/mol. The number of carboxylic acids is 1. The summed E-state index contributed by atoms with van der Waals surface area (Å²) in [4.78, 5) is 22.3. The summed E-state index contributed by atoms with van der Waals surface area (Å²) in [5.74, 6) is -2.13. The SMILES string of the molecule is O=C(NCCCC(F)(F)F)Nc1cc(F)ccc1C(=O)O. The van der Waals surface area contributed by atoms with Crippen LogP contribution in [0.3, 0.4) is 0 Å². The Kier molecular flexibility index (Phi) is 5.51. The predicted octanol–water partition coefficient (Wildman–Crippen LogP) is 2.99. The number of carbonyl (C=O) groups excluding carboxylic acids is 1. The highest BCUT2D eigenvalue weighted by Gasteiger charge is 2.26. The lowest BCUT2D eigenvalue weighted by atomic mass is 10.2. The zero-order chi connectivity index (χ0) is 16.0. The van der Waals surface area contributed by atoms with Crippen molar-refractivity contribution < 1.29 is 32.3 Å². The van der Waals surface area contributed by atoms with Crippen molar-refractivity contribution in [2.24, 2.45) is 0 Å². The first-order valence-corrected chi connectivity index (χ1v) is 5.83. The standard InChI is InChI=1S/C12H12F4N2O3/c13-7-2-3-8(10(19)20)9(6-7)18-11(21)17-5-1-4-12(14,15)16/h2-3,6H,1,4-5H2,(H,19,20)(H2,17,18,21). The van der Waals surface area contributed by atoms with Crippen LogP contribution in [0.2, 0.25) is 0 Å². The molecule has 1 aromatic rings. The topological polar surface area (TPSA) is 78.4 Å². The molecule has 1 rings (SSSR count). The molecule has 0 spiro atoms. The highest BCUT2D eigenvalue weighted by atomic mass is 19.4. The van der Waals surface area contributed by atoms with Gasteiger partial charge in [-0.05, 0) is 24.6 Å². The largest absolute Gasteiger partial charge is 0.478 e. The van der Waals surface area contributed by atoms with Crippen LogP contribution in [0.4, 0.5) is 28.0 Å². The first-order valence-electron chi connectivity index (χ1n) is 5.83. The van der Waals surface area contributed by atoms with Gasteiger partial charge < -0.3 is 15.7 Å². The predicted molar refractivity (Wildman–Crippen MR) is 65.7 cm³/mol. The molecule has 0 aromatic heterocycles. The fourth-order valence-corrected chi connectivity index (χ4v) is 1.46. The van der Waals surface area contributed by atoms with Gasteiger partial charge in [-0.2, -0.15) is 13.2 Å². The number of anilines is 1. The Labute approximate surface area is 117 Å². The van der Waals surface area contributed by atoms with Crippen LogP contribution in [0.15, 0.2) is 18.2 Å². The minimum absolute atomic E-state index is 0.247. The van der Waals surface area contributed by atoms with E-state index >= 15 is 0 Å². The fraction of sp³-hybridized carbons (Fsp3) is 0.333. The van der Waals surface area contributed by atoms with E-state index in [-0.39, 0.29) is 24.2 Å². The molecule has 9 heteroatoms. The lowest BCUT2D eigenvalue weighted by molar-refractivity contribution is -0.135. The van der Waals surface area contributed by atoms with Gasteiger partial charge in [0, 0.05) is 13.0 Å². The zero-order valence-electron chi connectivity index (χ0n) is 10.6. The van der Waals surface area contributed by atoms with Gasteiger partial charge in [0.05, 0.1) is 11.3 Å². The Morgan fingerprint density at radius 3 is 2.48 bits per heavy atom. The molecule has 2 amide bonds. The summed E-state index contributed by atoms with van der Waals surface area (Å²) in [6, 6.07) is 1.77. The Hall–Kier alpha value is -2.32. The fourth-order valence-electron chi connectivity index (χ4n) is 1.46. The Morgan fingerprint density at radius 1 is 1.24 bits per heavy atom. The zero-order valence-corrected chi connectivity index (χ0v) is 10.6. The summed E-state index contributed by atoms with van der Waals surface area (Å²) in [5, 5.41) is 13.1. The lowest BCUT2D eigenvalue weighted by Crippen LogP contribution is -2.30. The van der Waals surface area contributed by atoms with Crippen LogP contribution in [0.5, 0.6) is 0 Å². The van der Waals surface area contributed by atoms with Gasteiger partial charge in [-0.25, -0.2) is 14.0 Å². The molecule has 0 bridgehead atoms. The highest BCUT2D eigenvalue weighted by molar-refractivity contribution is 5.99. The summed E-state index contributed by atoms with van der Waals surface area (Å²) in [6.45, 7) is -0.247. The summed E-state index contributed by atoms with van der Waals surface area (Å²) in [6.07, 6.45) is -5.67. The van der Waals surface area contributed by atoms with Gasteiger partial charge in [0.2, 0.25) is 0 Å². The molecule has 0 aliphatic rings. The van der Waals surface area contributed by atoms with Gasteiger partial charge in [0.25, 0.3) is 0 Å². The van der Waals surface area contributed by atoms with E-state index in [0.29, 0.717) is 0 Å². The Morgan fingerprint density at radius 2 is 1.90 bits per heavy atom. The average molecular weight is 308 g/mol. The molecule has 0 saturated carbocycles. The smallest absolute Gasteiger partial charge is 0.389 e. The molecule has 0 aliphatic carbocycles. The molecule has 0 heterocycles. The molecule has 1 aromatic carbocycles. The number of halogens is 4. The quantitative estimate of drug-likeness (QED) is 0.578. The van der Waals surface area contributed by atoms with Crippen molar-refractivity contribution in [1.82, 2.24) is 5.32 Å². The number of nitrogens with one attached hydrogen (secondary N) is 2. The maximum absolute atomic E-state index is 13.0. The van der Waals surface area contributed by atoms with E-state index in [9.17, 15) is 27.2 Å². The minimum Gasteiger partial charge on any atom is -0.478 e. The van der Waals surface area contributed by atoms with Crippen LogP contribution in [-0.2, 0) is 0 Å². The number of rotatable bonds is 5. The molecule has 5 nitrogen and oxygen atoms in total. The number of carboxylic acid groups (broad SMARTS) is 1. The molecule has 21 heavy (non-hydrogen) atoms. The lowest BCUT2D eigenvalue weighted by Gasteiger charge is -2.10. The molecule has 0 radical (unpaired) electrons. The van der Waals surface area contributed by atoms with Crippen molar-refractivity contribution >= 4 is 17.7 Å². The van der Waals surface area contributed by atoms with E-state index in [4.69, 9.17) is 5.11 Å². The molecule has 0 saturated heterocycles. The molecule has 3 N–H and O–H groups in total. The summed E-state index contributed by atoms with van der Waals surface area (Å²) in [5.41, 5.74) is -0.613. The normalized spacial score (nSPS) is 11.0. The van der Waals surface area contributed by atoms with E-state index in [1.165, 1.54) is 0 Å². The second-order valence-corrected chi connectivity index (χ2v) is 4.09. The van der Waals surface area contributed by atoms with Gasteiger partial charge >= 0.3 is 18.2 Å². The molecule has 0 atom stereocenters. The van der Waals surface area contributed by atoms with Crippen molar-refractivity contribution in [2.75, 3.05) is 11.9 Å². The van der Waals surface area contributed by atoms with Gasteiger partial charge in [0.15, 0.2) is 0 Å². The van der Waals surface area contributed by atoms with Crippen molar-refractivity contribution in [2.45, 2.75) is 19.0 Å². The van der Waals surface area contributed by atoms with Crippen molar-refractivity contribution in [3.8, 4) is 0 Å². The number of aromatic carboxylic acids is 1. The average Bonchev–Trinajstić information content (AvgIpc) is 2.33. The summed E-state index contributed by atoms with van der Waals surface area (Å²) in [7, 11) is 0. The third kappa shape index (κ3) is 6.11. The summed E-state index contributed by atoms with van der Waals surface area (Å²) < 4.78 is 48.6. The highest BCUT2D eigenvalue weighted by Crippen LogP contribution is 2.21. The van der Waals surface area contributed by atoms with E-state index in [0.717, 1.165) is 18.2 Å². The van der Waals surface area contributed by atoms with E-state index < -0.39 is 30.4 Å². The van der Waals surface area contributed by atoms with E-state index in [1.807, 2.05) is 0 Å². The van der Waals surface area contributed by atoms with Crippen LogP contribution in [-0.4, -0.2) is 29.8 Å². The second-order valence-electron chi connectivity index (χ2n) is 4.09. The van der Waals surface area contributed by atoms with E-state index in [2.05, 4.69) is 10.6 Å². The summed E-state index contributed by atoms with van der Waals surface area (Å²) >= 11 is 0. The number of hydrogen-bond donors (Lipinski definition) is 3. The third-order valence-electron chi connectivity index (χ3n) is 2.38. The number of alkyl halides is 3. The van der Waals surface area contributed by atoms with Crippen LogP contribution >= 0.6 is 0 Å². The van der Waals surface area contributed by atoms with Gasteiger partial charge in [-0.15, -0.1) is 0 Å². The van der Waals surface area contributed by atoms with Crippen LogP contribution in [0.1, 0.15) is 23.2 Å². The van der Waals surface area contributed by atoms with Crippen molar-refractivity contribution in [1.29, 1.82) is 0 Å². The van der Waals surface area contributed by atoms with E-state index in [1.54, 1.807) is 0 Å². The number of amides is 2. The van der Waals surface area contributed by atoms with Crippen LogP contribution in [0.25, 0.3) is 0 Å². The molecule has 0 aliphatic heterocycles. The number of hydrogen-bond acceptors (Lipinski definition) is 2. The van der Waals surface area contributed by atoms with Crippen molar-refractivity contribution in [3.05, 3.63) is 29.6 Å². The van der Waals surface area contributed by atoms with Crippen LogP contribution in [0, 0.1) is 5.82 Å². The first-order chi connectivity index (χ1) is 9.69.